The first kappa shape index (κ1) is 21.0. The van der Waals surface area contributed by atoms with Crippen molar-refractivity contribution in [3.63, 3.8) is 0 Å². The molecule has 158 valence electrons. The molecule has 0 aliphatic carbocycles. The predicted octanol–water partition coefficient (Wildman–Crippen LogP) is 0.743. The Bertz CT molecular complexity index is 778. The number of nitrogens with zero attached hydrogens (tertiary/aromatic N) is 7. The van der Waals surface area contributed by atoms with Gasteiger partial charge in [-0.25, -0.2) is 9.98 Å². The van der Waals surface area contributed by atoms with E-state index in [0.717, 1.165) is 75.4 Å². The molecule has 0 amide bonds. The van der Waals surface area contributed by atoms with E-state index in [1.54, 1.807) is 6.33 Å². The van der Waals surface area contributed by atoms with Crippen LogP contribution >= 0.6 is 0 Å². The lowest BCUT2D eigenvalue weighted by atomic mass is 10.2. The fourth-order valence-electron chi connectivity index (χ4n) is 3.40. The molecule has 3 heterocycles. The summed E-state index contributed by atoms with van der Waals surface area (Å²) in [6.45, 7) is 11.3. The zero-order valence-corrected chi connectivity index (χ0v) is 17.8. The highest BCUT2D eigenvalue weighted by molar-refractivity contribution is 5.79. The highest BCUT2D eigenvalue weighted by atomic mass is 15.3. The Morgan fingerprint density at radius 3 is 2.76 bits per heavy atom. The van der Waals surface area contributed by atoms with Crippen LogP contribution in [0.25, 0.3) is 0 Å². The average molecular weight is 400 g/mol. The summed E-state index contributed by atoms with van der Waals surface area (Å²) in [4.78, 5) is 14.2. The summed E-state index contributed by atoms with van der Waals surface area (Å²) in [7, 11) is 2.17. The van der Waals surface area contributed by atoms with Gasteiger partial charge in [-0.1, -0.05) is 13.0 Å². The van der Waals surface area contributed by atoms with E-state index in [2.05, 4.69) is 67.1 Å². The maximum Gasteiger partial charge on any atom is 0.191 e. The highest BCUT2D eigenvalue weighted by Crippen LogP contribution is 2.19. The van der Waals surface area contributed by atoms with Crippen molar-refractivity contribution in [1.82, 2.24) is 35.3 Å². The van der Waals surface area contributed by atoms with Crippen molar-refractivity contribution in [3.8, 4) is 0 Å². The summed E-state index contributed by atoms with van der Waals surface area (Å²) in [5.74, 6) is 2.87. The van der Waals surface area contributed by atoms with Crippen molar-refractivity contribution in [2.75, 3.05) is 51.2 Å². The summed E-state index contributed by atoms with van der Waals surface area (Å²) in [5, 5.41) is 14.8. The van der Waals surface area contributed by atoms with Crippen LogP contribution in [0.2, 0.25) is 0 Å². The fraction of sp³-hybridized carbons (Fsp3) is 0.600. The molecular formula is C20H33N9. The van der Waals surface area contributed by atoms with E-state index >= 15 is 0 Å². The van der Waals surface area contributed by atoms with Crippen molar-refractivity contribution in [1.29, 1.82) is 0 Å². The molecule has 0 atom stereocenters. The molecule has 1 aliphatic heterocycles. The van der Waals surface area contributed by atoms with Crippen molar-refractivity contribution >= 4 is 11.8 Å². The zero-order chi connectivity index (χ0) is 20.5. The molecule has 9 nitrogen and oxygen atoms in total. The highest BCUT2D eigenvalue weighted by Gasteiger charge is 2.17. The predicted molar refractivity (Wildman–Crippen MR) is 116 cm³/mol. The van der Waals surface area contributed by atoms with Crippen molar-refractivity contribution in [2.24, 2.45) is 4.99 Å². The smallest absolute Gasteiger partial charge is 0.191 e. The lowest BCUT2D eigenvalue weighted by Crippen LogP contribution is -2.45. The second-order valence-electron chi connectivity index (χ2n) is 7.19. The van der Waals surface area contributed by atoms with Gasteiger partial charge in [0, 0.05) is 64.0 Å². The molecule has 1 fully saturated rings. The van der Waals surface area contributed by atoms with Gasteiger partial charge in [-0.05, 0) is 20.0 Å². The molecule has 2 aromatic heterocycles. The quantitative estimate of drug-likeness (QED) is 0.500. The lowest BCUT2D eigenvalue weighted by Gasteiger charge is -2.34. The SMILES string of the molecule is CCNC(=NCc1cccnc1N1CCN(C)CC1)NCCn1cnnc1CC. The van der Waals surface area contributed by atoms with Gasteiger partial charge in [-0.15, -0.1) is 10.2 Å². The minimum Gasteiger partial charge on any atom is -0.357 e. The summed E-state index contributed by atoms with van der Waals surface area (Å²) < 4.78 is 2.07. The van der Waals surface area contributed by atoms with Gasteiger partial charge in [0.05, 0.1) is 6.54 Å². The molecule has 0 unspecified atom stereocenters. The number of pyridine rings is 1. The molecular weight excluding hydrogens is 366 g/mol. The minimum atomic E-state index is 0.595. The maximum absolute atomic E-state index is 4.79. The third-order valence-electron chi connectivity index (χ3n) is 5.08. The number of anilines is 1. The Kier molecular flexibility index (Phi) is 7.80. The topological polar surface area (TPSA) is 86.5 Å². The number of aromatic nitrogens is 4. The summed E-state index contributed by atoms with van der Waals surface area (Å²) in [6, 6.07) is 4.11. The molecule has 0 bridgehead atoms. The van der Waals surface area contributed by atoms with E-state index in [9.17, 15) is 0 Å². The number of guanidine groups is 1. The van der Waals surface area contributed by atoms with Crippen LogP contribution in [0.4, 0.5) is 5.82 Å². The monoisotopic (exact) mass is 399 g/mol. The second-order valence-corrected chi connectivity index (χ2v) is 7.19. The average Bonchev–Trinajstić information content (AvgIpc) is 3.20. The molecule has 0 spiro atoms. The summed E-state index contributed by atoms with van der Waals surface area (Å²) >= 11 is 0. The molecule has 3 rings (SSSR count). The number of aliphatic imine (C=N–C) groups is 1. The van der Waals surface area contributed by atoms with Crippen LogP contribution in [0.3, 0.4) is 0 Å². The van der Waals surface area contributed by atoms with Crippen molar-refractivity contribution in [3.05, 3.63) is 36.0 Å². The van der Waals surface area contributed by atoms with Crippen LogP contribution in [-0.2, 0) is 19.5 Å². The van der Waals surface area contributed by atoms with Gasteiger partial charge in [0.2, 0.25) is 0 Å². The number of hydrogen-bond donors (Lipinski definition) is 2. The van der Waals surface area contributed by atoms with Crippen LogP contribution in [0.1, 0.15) is 25.2 Å². The van der Waals surface area contributed by atoms with Crippen molar-refractivity contribution in [2.45, 2.75) is 33.4 Å². The van der Waals surface area contributed by atoms with Gasteiger partial charge in [-0.3, -0.25) is 0 Å². The number of piperazine rings is 1. The van der Waals surface area contributed by atoms with E-state index in [4.69, 9.17) is 4.99 Å². The van der Waals surface area contributed by atoms with Crippen LogP contribution < -0.4 is 15.5 Å². The standard InChI is InChI=1S/C20H33N9/c1-4-18-26-25-16-29(18)10-9-23-20(21-5-2)24-15-17-7-6-8-22-19(17)28-13-11-27(3)12-14-28/h6-8,16H,4-5,9-15H2,1-3H3,(H2,21,23,24). The Morgan fingerprint density at radius 1 is 1.17 bits per heavy atom. The molecule has 0 saturated carbocycles. The molecule has 0 radical (unpaired) electrons. The number of nitrogens with one attached hydrogen (secondary N) is 2. The van der Waals surface area contributed by atoms with Gasteiger partial charge in [0.1, 0.15) is 18.0 Å². The molecule has 2 N–H and O–H groups in total. The van der Waals surface area contributed by atoms with Crippen LogP contribution in [0, 0.1) is 0 Å². The zero-order valence-electron chi connectivity index (χ0n) is 17.8. The molecule has 1 aliphatic rings. The fourth-order valence-corrected chi connectivity index (χ4v) is 3.40. The van der Waals surface area contributed by atoms with E-state index in [1.165, 1.54) is 0 Å². The number of aryl methyl sites for hydroxylation is 1. The van der Waals surface area contributed by atoms with Gasteiger partial charge in [0.15, 0.2) is 5.96 Å². The van der Waals surface area contributed by atoms with Crippen LogP contribution in [0.15, 0.2) is 29.6 Å². The third-order valence-corrected chi connectivity index (χ3v) is 5.08. The third kappa shape index (κ3) is 5.90. The lowest BCUT2D eigenvalue weighted by molar-refractivity contribution is 0.312. The first-order valence-electron chi connectivity index (χ1n) is 10.5. The van der Waals surface area contributed by atoms with E-state index in [1.807, 2.05) is 12.3 Å². The van der Waals surface area contributed by atoms with E-state index in [0.29, 0.717) is 6.54 Å². The van der Waals surface area contributed by atoms with E-state index < -0.39 is 0 Å². The molecule has 1 saturated heterocycles. The maximum atomic E-state index is 4.79. The minimum absolute atomic E-state index is 0.595. The molecule has 9 heteroatoms. The Morgan fingerprint density at radius 2 is 2.00 bits per heavy atom. The largest absolute Gasteiger partial charge is 0.357 e. The first-order chi connectivity index (χ1) is 14.2. The first-order valence-corrected chi connectivity index (χ1v) is 10.5. The van der Waals surface area contributed by atoms with Crippen molar-refractivity contribution < 1.29 is 0 Å². The van der Waals surface area contributed by atoms with E-state index in [-0.39, 0.29) is 0 Å². The summed E-state index contributed by atoms with van der Waals surface area (Å²) in [6.07, 6.45) is 4.53. The number of likely N-dealkylation sites (N-methyl/N-ethyl adjacent to an activating group) is 1. The second kappa shape index (κ2) is 10.8. The Hall–Kier alpha value is -2.68. The molecule has 29 heavy (non-hydrogen) atoms. The van der Waals surface area contributed by atoms with Crippen LogP contribution in [-0.4, -0.2) is 76.9 Å². The van der Waals surface area contributed by atoms with Gasteiger partial charge in [0.25, 0.3) is 0 Å². The Labute approximate surface area is 173 Å². The van der Waals surface area contributed by atoms with Gasteiger partial charge >= 0.3 is 0 Å². The Balaban J connectivity index is 1.61. The van der Waals surface area contributed by atoms with Gasteiger partial charge < -0.3 is 25.0 Å². The normalized spacial score (nSPS) is 15.6. The van der Waals surface area contributed by atoms with Gasteiger partial charge in [-0.2, -0.15) is 0 Å². The number of rotatable bonds is 8. The number of hydrogen-bond acceptors (Lipinski definition) is 6. The summed E-state index contributed by atoms with van der Waals surface area (Å²) in [5.41, 5.74) is 1.15. The molecule has 0 aromatic carbocycles. The molecule has 2 aromatic rings. The van der Waals surface area contributed by atoms with Crippen LogP contribution in [0.5, 0.6) is 0 Å².